The van der Waals surface area contributed by atoms with E-state index in [1.807, 2.05) is 54.6 Å². The smallest absolute Gasteiger partial charge is 0.210 e. The van der Waals surface area contributed by atoms with Crippen molar-refractivity contribution in [2.75, 3.05) is 12.4 Å². The van der Waals surface area contributed by atoms with Crippen LogP contribution in [-0.4, -0.2) is 17.3 Å². The van der Waals surface area contributed by atoms with E-state index in [0.717, 1.165) is 27.1 Å². The lowest BCUT2D eigenvalue weighted by Crippen LogP contribution is -1.89. The van der Waals surface area contributed by atoms with Gasteiger partial charge in [-0.25, -0.2) is 0 Å². The van der Waals surface area contributed by atoms with E-state index >= 15 is 0 Å². The van der Waals surface area contributed by atoms with Crippen molar-refractivity contribution in [2.45, 2.75) is 0 Å². The van der Waals surface area contributed by atoms with Crippen LogP contribution in [0.15, 0.2) is 54.6 Å². The van der Waals surface area contributed by atoms with E-state index in [4.69, 9.17) is 4.74 Å². The van der Waals surface area contributed by atoms with Crippen molar-refractivity contribution in [3.8, 4) is 16.3 Å². The zero-order chi connectivity index (χ0) is 13.8. The average molecular weight is 283 g/mol. The third kappa shape index (κ3) is 2.78. The second kappa shape index (κ2) is 5.71. The summed E-state index contributed by atoms with van der Waals surface area (Å²) in [6, 6.07) is 17.7. The van der Waals surface area contributed by atoms with Crippen molar-refractivity contribution in [3.63, 3.8) is 0 Å². The molecule has 1 heterocycles. The van der Waals surface area contributed by atoms with E-state index in [2.05, 4.69) is 15.5 Å². The van der Waals surface area contributed by atoms with E-state index < -0.39 is 0 Å². The molecule has 1 N–H and O–H groups in total. The molecule has 0 aliphatic heterocycles. The Morgan fingerprint density at radius 2 is 1.70 bits per heavy atom. The number of ether oxygens (including phenoxy) is 1. The fourth-order valence-corrected chi connectivity index (χ4v) is 2.54. The molecule has 0 spiro atoms. The molecule has 0 radical (unpaired) electrons. The second-order valence-electron chi connectivity index (χ2n) is 4.13. The fourth-order valence-electron chi connectivity index (χ4n) is 1.77. The molecule has 0 saturated carbocycles. The molecule has 0 aliphatic rings. The van der Waals surface area contributed by atoms with Crippen LogP contribution in [0.25, 0.3) is 10.6 Å². The lowest BCUT2D eigenvalue weighted by atomic mass is 10.2. The Balaban J connectivity index is 1.77. The zero-order valence-electron chi connectivity index (χ0n) is 10.9. The lowest BCUT2D eigenvalue weighted by Gasteiger charge is -2.03. The van der Waals surface area contributed by atoms with Crippen molar-refractivity contribution in [1.29, 1.82) is 0 Å². The first-order chi connectivity index (χ1) is 9.85. The van der Waals surface area contributed by atoms with Crippen molar-refractivity contribution in [2.24, 2.45) is 0 Å². The van der Waals surface area contributed by atoms with Crippen molar-refractivity contribution in [3.05, 3.63) is 54.6 Å². The largest absolute Gasteiger partial charge is 0.497 e. The molecule has 0 fully saturated rings. The van der Waals surface area contributed by atoms with Gasteiger partial charge in [-0.1, -0.05) is 41.7 Å². The maximum Gasteiger partial charge on any atom is 0.210 e. The van der Waals surface area contributed by atoms with E-state index in [-0.39, 0.29) is 0 Å². The van der Waals surface area contributed by atoms with Gasteiger partial charge in [0.2, 0.25) is 5.13 Å². The predicted octanol–water partition coefficient (Wildman–Crippen LogP) is 3.96. The maximum absolute atomic E-state index is 5.13. The average Bonchev–Trinajstić information content (AvgIpc) is 2.97. The molecule has 0 atom stereocenters. The lowest BCUT2D eigenvalue weighted by molar-refractivity contribution is 0.415. The summed E-state index contributed by atoms with van der Waals surface area (Å²) in [5.74, 6) is 0.831. The van der Waals surface area contributed by atoms with Crippen LogP contribution >= 0.6 is 11.3 Å². The maximum atomic E-state index is 5.13. The normalized spacial score (nSPS) is 10.2. The number of benzene rings is 2. The molecule has 0 amide bonds. The van der Waals surface area contributed by atoms with Gasteiger partial charge in [-0.3, -0.25) is 0 Å². The molecule has 2 aromatic carbocycles. The van der Waals surface area contributed by atoms with Gasteiger partial charge in [0, 0.05) is 11.3 Å². The Labute approximate surface area is 121 Å². The number of methoxy groups -OCH3 is 1. The van der Waals surface area contributed by atoms with Crippen molar-refractivity contribution >= 4 is 22.2 Å². The molecular formula is C15H13N3OS. The van der Waals surface area contributed by atoms with Crippen LogP contribution in [0.5, 0.6) is 5.75 Å². The summed E-state index contributed by atoms with van der Waals surface area (Å²) in [5, 5.41) is 13.3. The summed E-state index contributed by atoms with van der Waals surface area (Å²) >= 11 is 1.53. The Hall–Kier alpha value is -2.40. The standard InChI is InChI=1S/C15H13N3OS/c1-19-13-9-7-12(8-10-13)16-15-18-17-14(20-15)11-5-3-2-4-6-11/h2-10H,1H3,(H,16,18). The first-order valence-electron chi connectivity index (χ1n) is 6.15. The molecule has 0 unspecified atom stereocenters. The molecule has 100 valence electrons. The quantitative estimate of drug-likeness (QED) is 0.787. The Morgan fingerprint density at radius 1 is 0.950 bits per heavy atom. The number of nitrogens with one attached hydrogen (secondary N) is 1. The SMILES string of the molecule is COc1ccc(Nc2nnc(-c3ccccc3)s2)cc1. The van der Waals surface area contributed by atoms with Gasteiger partial charge in [0.25, 0.3) is 0 Å². The highest BCUT2D eigenvalue weighted by atomic mass is 32.1. The Morgan fingerprint density at radius 3 is 2.40 bits per heavy atom. The molecular weight excluding hydrogens is 270 g/mol. The highest BCUT2D eigenvalue weighted by Crippen LogP contribution is 2.28. The minimum atomic E-state index is 0.772. The molecule has 1 aromatic heterocycles. The first-order valence-corrected chi connectivity index (χ1v) is 6.97. The van der Waals surface area contributed by atoms with Gasteiger partial charge in [0.1, 0.15) is 10.8 Å². The van der Waals surface area contributed by atoms with Gasteiger partial charge in [-0.05, 0) is 24.3 Å². The molecule has 20 heavy (non-hydrogen) atoms. The molecule has 3 rings (SSSR count). The highest BCUT2D eigenvalue weighted by molar-refractivity contribution is 7.18. The molecule has 4 nitrogen and oxygen atoms in total. The van der Waals surface area contributed by atoms with Gasteiger partial charge in [-0.2, -0.15) is 0 Å². The predicted molar refractivity (Wildman–Crippen MR) is 81.6 cm³/mol. The minimum absolute atomic E-state index is 0.772. The summed E-state index contributed by atoms with van der Waals surface area (Å²) in [4.78, 5) is 0. The number of anilines is 2. The highest BCUT2D eigenvalue weighted by Gasteiger charge is 2.06. The molecule has 3 aromatic rings. The monoisotopic (exact) mass is 283 g/mol. The van der Waals surface area contributed by atoms with E-state index in [9.17, 15) is 0 Å². The van der Waals surface area contributed by atoms with Crippen LogP contribution in [0.1, 0.15) is 0 Å². The van der Waals surface area contributed by atoms with Crippen LogP contribution in [0.3, 0.4) is 0 Å². The minimum Gasteiger partial charge on any atom is -0.497 e. The van der Waals surface area contributed by atoms with Crippen molar-refractivity contribution in [1.82, 2.24) is 10.2 Å². The molecule has 5 heteroatoms. The number of aromatic nitrogens is 2. The van der Waals surface area contributed by atoms with Crippen LogP contribution in [0.2, 0.25) is 0 Å². The van der Waals surface area contributed by atoms with Crippen LogP contribution in [0.4, 0.5) is 10.8 Å². The van der Waals surface area contributed by atoms with Gasteiger partial charge in [0.05, 0.1) is 7.11 Å². The number of rotatable bonds is 4. The summed E-state index contributed by atoms with van der Waals surface area (Å²) in [6.45, 7) is 0. The summed E-state index contributed by atoms with van der Waals surface area (Å²) in [7, 11) is 1.65. The van der Waals surface area contributed by atoms with Gasteiger partial charge in [-0.15, -0.1) is 10.2 Å². The fraction of sp³-hybridized carbons (Fsp3) is 0.0667. The Bertz CT molecular complexity index is 680. The molecule has 0 aliphatic carbocycles. The van der Waals surface area contributed by atoms with E-state index in [0.29, 0.717) is 0 Å². The summed E-state index contributed by atoms with van der Waals surface area (Å²) < 4.78 is 5.13. The van der Waals surface area contributed by atoms with E-state index in [1.54, 1.807) is 7.11 Å². The number of hydrogen-bond donors (Lipinski definition) is 1. The summed E-state index contributed by atoms with van der Waals surface area (Å²) in [5.41, 5.74) is 2.04. The molecule has 0 saturated heterocycles. The van der Waals surface area contributed by atoms with Gasteiger partial charge in [0.15, 0.2) is 0 Å². The van der Waals surface area contributed by atoms with Gasteiger partial charge >= 0.3 is 0 Å². The zero-order valence-corrected chi connectivity index (χ0v) is 11.7. The Kier molecular flexibility index (Phi) is 3.60. The number of hydrogen-bond acceptors (Lipinski definition) is 5. The van der Waals surface area contributed by atoms with Crippen LogP contribution in [0, 0.1) is 0 Å². The summed E-state index contributed by atoms with van der Waals surface area (Å²) in [6.07, 6.45) is 0. The van der Waals surface area contributed by atoms with Crippen LogP contribution in [-0.2, 0) is 0 Å². The third-order valence-corrected chi connectivity index (χ3v) is 3.67. The first kappa shape index (κ1) is 12.6. The second-order valence-corrected chi connectivity index (χ2v) is 5.11. The van der Waals surface area contributed by atoms with Crippen molar-refractivity contribution < 1.29 is 4.74 Å². The van der Waals surface area contributed by atoms with E-state index in [1.165, 1.54) is 11.3 Å². The third-order valence-electron chi connectivity index (χ3n) is 2.79. The number of nitrogens with zero attached hydrogens (tertiary/aromatic N) is 2. The van der Waals surface area contributed by atoms with Gasteiger partial charge < -0.3 is 10.1 Å². The van der Waals surface area contributed by atoms with Crippen LogP contribution < -0.4 is 10.1 Å². The topological polar surface area (TPSA) is 47.0 Å². The molecule has 0 bridgehead atoms.